The average molecular weight is 330 g/mol. The summed E-state index contributed by atoms with van der Waals surface area (Å²) < 4.78 is 0. The van der Waals surface area contributed by atoms with Crippen LogP contribution in [0.25, 0.3) is 22.6 Å². The highest BCUT2D eigenvalue weighted by Gasteiger charge is 2.14. The van der Waals surface area contributed by atoms with E-state index in [1.165, 1.54) is 28.7 Å². The Hall–Kier alpha value is -2.48. The van der Waals surface area contributed by atoms with Crippen LogP contribution in [0, 0.1) is 20.8 Å². The number of hydrogen-bond donors (Lipinski definition) is 0. The van der Waals surface area contributed by atoms with Crippen LogP contribution in [0.3, 0.4) is 0 Å². The highest BCUT2D eigenvalue weighted by atomic mass is 14.9. The summed E-state index contributed by atoms with van der Waals surface area (Å²) in [6.45, 7) is 8.55. The molecule has 0 aliphatic rings. The molecule has 0 amide bonds. The molecule has 0 unspecified atom stereocenters. The number of aryl methyl sites for hydroxylation is 3. The maximum absolute atomic E-state index is 4.98. The Balaban J connectivity index is 2.13. The minimum atomic E-state index is 0.813. The van der Waals surface area contributed by atoms with Gasteiger partial charge >= 0.3 is 0 Å². The highest BCUT2D eigenvalue weighted by Crippen LogP contribution is 2.28. The molecule has 0 aliphatic carbocycles. The summed E-state index contributed by atoms with van der Waals surface area (Å²) in [6, 6.07) is 17.1. The van der Waals surface area contributed by atoms with Crippen LogP contribution in [0.15, 0.2) is 48.5 Å². The van der Waals surface area contributed by atoms with E-state index in [1.54, 1.807) is 0 Å². The molecule has 2 nitrogen and oxygen atoms in total. The molecule has 0 radical (unpaired) electrons. The minimum Gasteiger partial charge on any atom is -0.233 e. The van der Waals surface area contributed by atoms with Crippen molar-refractivity contribution in [2.45, 2.75) is 47.0 Å². The van der Waals surface area contributed by atoms with E-state index < -0.39 is 0 Å². The van der Waals surface area contributed by atoms with Crippen molar-refractivity contribution in [1.29, 1.82) is 0 Å². The second-order valence-corrected chi connectivity index (χ2v) is 6.80. The molecule has 0 atom stereocenters. The molecule has 0 N–H and O–H groups in total. The van der Waals surface area contributed by atoms with E-state index in [0.29, 0.717) is 0 Å². The molecule has 25 heavy (non-hydrogen) atoms. The van der Waals surface area contributed by atoms with Crippen molar-refractivity contribution >= 4 is 0 Å². The molecule has 2 heteroatoms. The van der Waals surface area contributed by atoms with Crippen LogP contribution in [0.4, 0.5) is 0 Å². The summed E-state index contributed by atoms with van der Waals surface area (Å²) in [6.07, 6.45) is 3.36. The van der Waals surface area contributed by atoms with Gasteiger partial charge in [0, 0.05) is 16.8 Å². The van der Waals surface area contributed by atoms with Gasteiger partial charge in [-0.15, -0.1) is 0 Å². The van der Waals surface area contributed by atoms with Gasteiger partial charge in [-0.3, -0.25) is 0 Å². The fraction of sp³-hybridized carbons (Fsp3) is 0.304. The monoisotopic (exact) mass is 330 g/mol. The predicted molar refractivity (Wildman–Crippen MR) is 106 cm³/mol. The van der Waals surface area contributed by atoms with Gasteiger partial charge in [0.05, 0.1) is 5.69 Å². The Labute approximate surface area is 151 Å². The average Bonchev–Trinajstić information content (AvgIpc) is 2.61. The van der Waals surface area contributed by atoms with Gasteiger partial charge in [-0.1, -0.05) is 73.0 Å². The maximum Gasteiger partial charge on any atom is 0.160 e. The van der Waals surface area contributed by atoms with E-state index in [0.717, 1.165) is 35.6 Å². The van der Waals surface area contributed by atoms with Gasteiger partial charge in [-0.25, -0.2) is 9.97 Å². The Morgan fingerprint density at radius 1 is 0.720 bits per heavy atom. The largest absolute Gasteiger partial charge is 0.233 e. The number of rotatable bonds is 5. The van der Waals surface area contributed by atoms with Gasteiger partial charge < -0.3 is 0 Å². The molecule has 0 bridgehead atoms. The van der Waals surface area contributed by atoms with Gasteiger partial charge in [-0.05, 0) is 39.2 Å². The first-order chi connectivity index (χ1) is 12.1. The molecule has 128 valence electrons. The van der Waals surface area contributed by atoms with E-state index >= 15 is 0 Å². The number of hydrogen-bond acceptors (Lipinski definition) is 2. The van der Waals surface area contributed by atoms with Crippen LogP contribution in [0.1, 0.15) is 42.1 Å². The number of benzene rings is 2. The molecule has 1 aromatic heterocycles. The minimum absolute atomic E-state index is 0.813. The topological polar surface area (TPSA) is 25.8 Å². The van der Waals surface area contributed by atoms with Crippen LogP contribution in [0.5, 0.6) is 0 Å². The fourth-order valence-electron chi connectivity index (χ4n) is 3.03. The molecule has 0 saturated heterocycles. The van der Waals surface area contributed by atoms with Crippen molar-refractivity contribution in [2.24, 2.45) is 0 Å². The van der Waals surface area contributed by atoms with E-state index in [4.69, 9.17) is 9.97 Å². The maximum atomic E-state index is 4.98. The van der Waals surface area contributed by atoms with Gasteiger partial charge in [0.15, 0.2) is 5.82 Å². The summed E-state index contributed by atoms with van der Waals surface area (Å²) in [5.74, 6) is 0.813. The standard InChI is InChI=1S/C23H26N2/c1-5-6-7-21-18(4)24-23(20-14-10-17(3)11-15-20)25-22(21)19-12-8-16(2)9-13-19/h8-15H,5-7H2,1-4H3. The zero-order valence-corrected chi connectivity index (χ0v) is 15.6. The lowest BCUT2D eigenvalue weighted by atomic mass is 9.98. The summed E-state index contributed by atoms with van der Waals surface area (Å²) in [4.78, 5) is 9.79. The molecule has 3 rings (SSSR count). The van der Waals surface area contributed by atoms with Crippen molar-refractivity contribution in [3.63, 3.8) is 0 Å². The van der Waals surface area contributed by atoms with E-state index in [2.05, 4.69) is 76.2 Å². The first-order valence-corrected chi connectivity index (χ1v) is 9.10. The van der Waals surface area contributed by atoms with Crippen molar-refractivity contribution in [3.05, 3.63) is 70.9 Å². The molecular weight excluding hydrogens is 304 g/mol. The molecule has 0 spiro atoms. The quantitative estimate of drug-likeness (QED) is 0.566. The normalized spacial score (nSPS) is 10.9. The molecule has 0 fully saturated rings. The smallest absolute Gasteiger partial charge is 0.160 e. The van der Waals surface area contributed by atoms with Crippen molar-refractivity contribution < 1.29 is 0 Å². The molecule has 0 aliphatic heterocycles. The number of unbranched alkanes of at least 4 members (excludes halogenated alkanes) is 1. The summed E-state index contributed by atoms with van der Waals surface area (Å²) in [5, 5.41) is 0. The molecule has 1 heterocycles. The van der Waals surface area contributed by atoms with Crippen LogP contribution in [0.2, 0.25) is 0 Å². The van der Waals surface area contributed by atoms with Crippen LogP contribution in [-0.2, 0) is 6.42 Å². The molecular formula is C23H26N2. The third kappa shape index (κ3) is 3.96. The summed E-state index contributed by atoms with van der Waals surface area (Å²) >= 11 is 0. The lowest BCUT2D eigenvalue weighted by Crippen LogP contribution is -2.03. The third-order valence-corrected chi connectivity index (χ3v) is 4.63. The lowest BCUT2D eigenvalue weighted by Gasteiger charge is -2.14. The molecule has 3 aromatic rings. The Kier molecular flexibility index (Phi) is 5.28. The second-order valence-electron chi connectivity index (χ2n) is 6.80. The summed E-state index contributed by atoms with van der Waals surface area (Å²) in [5.41, 5.74) is 8.22. The number of nitrogens with zero attached hydrogens (tertiary/aromatic N) is 2. The number of aromatic nitrogens is 2. The second kappa shape index (κ2) is 7.60. The SMILES string of the molecule is CCCCc1c(C)nc(-c2ccc(C)cc2)nc1-c1ccc(C)cc1. The van der Waals surface area contributed by atoms with Gasteiger partial charge in [0.1, 0.15) is 0 Å². The fourth-order valence-corrected chi connectivity index (χ4v) is 3.03. The van der Waals surface area contributed by atoms with E-state index in [1.807, 2.05) is 0 Å². The van der Waals surface area contributed by atoms with Crippen LogP contribution < -0.4 is 0 Å². The van der Waals surface area contributed by atoms with Gasteiger partial charge in [0.2, 0.25) is 0 Å². The van der Waals surface area contributed by atoms with E-state index in [-0.39, 0.29) is 0 Å². The molecule has 2 aromatic carbocycles. The molecule has 0 saturated carbocycles. The van der Waals surface area contributed by atoms with Crippen molar-refractivity contribution in [1.82, 2.24) is 9.97 Å². The van der Waals surface area contributed by atoms with Crippen LogP contribution in [-0.4, -0.2) is 9.97 Å². The van der Waals surface area contributed by atoms with Gasteiger partial charge in [-0.2, -0.15) is 0 Å². The Morgan fingerprint density at radius 2 is 1.28 bits per heavy atom. The highest BCUT2D eigenvalue weighted by molar-refractivity contribution is 5.68. The van der Waals surface area contributed by atoms with Crippen LogP contribution >= 0.6 is 0 Å². The van der Waals surface area contributed by atoms with Crippen molar-refractivity contribution in [2.75, 3.05) is 0 Å². The van der Waals surface area contributed by atoms with Crippen molar-refractivity contribution in [3.8, 4) is 22.6 Å². The zero-order valence-electron chi connectivity index (χ0n) is 15.6. The first kappa shape index (κ1) is 17.3. The predicted octanol–water partition coefficient (Wildman–Crippen LogP) is 6.08. The van der Waals surface area contributed by atoms with E-state index in [9.17, 15) is 0 Å². The Morgan fingerprint density at radius 3 is 1.84 bits per heavy atom. The zero-order chi connectivity index (χ0) is 17.8. The summed E-state index contributed by atoms with van der Waals surface area (Å²) in [7, 11) is 0. The Bertz CT molecular complexity index is 847. The lowest BCUT2D eigenvalue weighted by molar-refractivity contribution is 0.783. The van der Waals surface area contributed by atoms with Gasteiger partial charge in [0.25, 0.3) is 0 Å². The third-order valence-electron chi connectivity index (χ3n) is 4.63. The first-order valence-electron chi connectivity index (χ1n) is 9.10.